The van der Waals surface area contributed by atoms with Crippen molar-refractivity contribution < 1.29 is 14.3 Å². The van der Waals surface area contributed by atoms with Gasteiger partial charge in [-0.3, -0.25) is 14.6 Å². The van der Waals surface area contributed by atoms with E-state index in [1.165, 1.54) is 6.92 Å². The number of carbonyl (C=O) groups is 2. The molecule has 2 atom stereocenters. The quantitative estimate of drug-likeness (QED) is 0.605. The van der Waals surface area contributed by atoms with Crippen molar-refractivity contribution in [3.8, 4) is 0 Å². The predicted molar refractivity (Wildman–Crippen MR) is 110 cm³/mol. The number of amides is 1. The first-order valence-corrected chi connectivity index (χ1v) is 10.1. The van der Waals surface area contributed by atoms with Crippen molar-refractivity contribution in [1.82, 2.24) is 9.80 Å². The molecule has 2 aliphatic heterocycles. The number of hydrogen-bond acceptors (Lipinski definition) is 5. The van der Waals surface area contributed by atoms with Crippen LogP contribution in [0, 0.1) is 5.92 Å². The van der Waals surface area contributed by atoms with Crippen LogP contribution in [0.15, 0.2) is 40.3 Å². The molecule has 0 bridgehead atoms. The zero-order chi connectivity index (χ0) is 20.1. The second kappa shape index (κ2) is 9.26. The molecule has 3 aliphatic rings. The number of allylic oxidation sites excluding steroid dienone is 2. The molecule has 0 spiro atoms. The lowest BCUT2D eigenvalue weighted by molar-refractivity contribution is -0.131. The first-order valence-electron chi connectivity index (χ1n) is 10.1. The highest BCUT2D eigenvalue weighted by Gasteiger charge is 2.45. The first kappa shape index (κ1) is 20.4. The Bertz CT molecular complexity index is 741. The molecule has 2 unspecified atom stereocenters. The maximum atomic E-state index is 13.1. The highest BCUT2D eigenvalue weighted by atomic mass is 16.5. The van der Waals surface area contributed by atoms with Crippen LogP contribution in [0.4, 0.5) is 0 Å². The number of rotatable bonds is 8. The molecular formula is C21H28BN3O3. The molecule has 0 saturated carbocycles. The van der Waals surface area contributed by atoms with Gasteiger partial charge in [-0.25, -0.2) is 0 Å². The van der Waals surface area contributed by atoms with Crippen molar-refractivity contribution in [3.63, 3.8) is 0 Å². The minimum Gasteiger partial charge on any atom is -0.488 e. The minimum absolute atomic E-state index is 0.0815. The summed E-state index contributed by atoms with van der Waals surface area (Å²) in [7, 11) is 5.94. The van der Waals surface area contributed by atoms with Gasteiger partial charge in [0.25, 0.3) is 5.91 Å². The minimum atomic E-state index is -0.227. The van der Waals surface area contributed by atoms with Gasteiger partial charge in [-0.05, 0) is 45.4 Å². The molecule has 2 radical (unpaired) electrons. The summed E-state index contributed by atoms with van der Waals surface area (Å²) >= 11 is 0. The molecule has 28 heavy (non-hydrogen) atoms. The van der Waals surface area contributed by atoms with E-state index in [4.69, 9.17) is 12.6 Å². The predicted octanol–water partition coefficient (Wildman–Crippen LogP) is 2.18. The van der Waals surface area contributed by atoms with Crippen LogP contribution in [0.5, 0.6) is 0 Å². The van der Waals surface area contributed by atoms with Crippen molar-refractivity contribution in [2.45, 2.75) is 45.6 Å². The fourth-order valence-corrected chi connectivity index (χ4v) is 4.22. The summed E-state index contributed by atoms with van der Waals surface area (Å²) < 4.78 is 5.65. The highest BCUT2D eigenvalue weighted by Crippen LogP contribution is 2.38. The highest BCUT2D eigenvalue weighted by molar-refractivity contribution is 6.21. The number of ketones is 1. The summed E-state index contributed by atoms with van der Waals surface area (Å²) in [6.45, 7) is 5.94. The zero-order valence-electron chi connectivity index (χ0n) is 16.8. The summed E-state index contributed by atoms with van der Waals surface area (Å²) in [4.78, 5) is 33.7. The normalized spacial score (nSPS) is 24.8. The number of Topliss-reactive ketones (excluding diaryl/α,β-unsaturated/α-hetero) is 1. The van der Waals surface area contributed by atoms with E-state index in [1.807, 2.05) is 30.3 Å². The maximum absolute atomic E-state index is 13.1. The van der Waals surface area contributed by atoms with E-state index in [1.54, 1.807) is 6.20 Å². The molecule has 7 heteroatoms. The Morgan fingerprint density at radius 1 is 1.39 bits per heavy atom. The summed E-state index contributed by atoms with van der Waals surface area (Å²) in [5, 5.41) is 0. The average molecular weight is 381 g/mol. The van der Waals surface area contributed by atoms with Crippen molar-refractivity contribution in [1.29, 1.82) is 0 Å². The van der Waals surface area contributed by atoms with Gasteiger partial charge in [-0.15, -0.1) is 5.47 Å². The number of nitrogens with zero attached hydrogens (tertiary/aromatic N) is 3. The van der Waals surface area contributed by atoms with Crippen LogP contribution in [-0.4, -0.2) is 67.8 Å². The molecule has 6 nitrogen and oxygen atoms in total. The Hall–Kier alpha value is -2.31. The van der Waals surface area contributed by atoms with Crippen LogP contribution >= 0.6 is 0 Å². The molecule has 2 heterocycles. The summed E-state index contributed by atoms with van der Waals surface area (Å²) in [6.07, 6.45) is 10.9. The molecule has 0 N–H and O–H groups in total. The van der Waals surface area contributed by atoms with Gasteiger partial charge in [-0.2, -0.15) is 0 Å². The van der Waals surface area contributed by atoms with Gasteiger partial charge in [0.2, 0.25) is 0 Å². The van der Waals surface area contributed by atoms with Gasteiger partial charge in [0.1, 0.15) is 7.85 Å². The Kier molecular flexibility index (Phi) is 6.76. The Morgan fingerprint density at radius 2 is 2.21 bits per heavy atom. The van der Waals surface area contributed by atoms with Gasteiger partial charge < -0.3 is 14.5 Å². The second-order valence-electron chi connectivity index (χ2n) is 7.47. The van der Waals surface area contributed by atoms with E-state index >= 15 is 0 Å². The van der Waals surface area contributed by atoms with Crippen molar-refractivity contribution in [3.05, 3.63) is 35.3 Å². The Morgan fingerprint density at radius 3 is 2.82 bits per heavy atom. The lowest BCUT2D eigenvalue weighted by atomic mass is 9.76. The third-order valence-electron chi connectivity index (χ3n) is 5.56. The van der Waals surface area contributed by atoms with Gasteiger partial charge in [0.15, 0.2) is 11.5 Å². The van der Waals surface area contributed by atoms with Crippen LogP contribution in [0.25, 0.3) is 0 Å². The van der Waals surface area contributed by atoms with E-state index in [9.17, 15) is 9.59 Å². The SMILES string of the molecule is [B]C1=CCC(C2C(C(C)=O)=C(OCC)C(=O)N2CCCN2C=CN=CC2)CC1. The van der Waals surface area contributed by atoms with Gasteiger partial charge >= 0.3 is 0 Å². The van der Waals surface area contributed by atoms with Crippen molar-refractivity contribution in [2.24, 2.45) is 10.9 Å². The van der Waals surface area contributed by atoms with Gasteiger partial charge in [0, 0.05) is 31.7 Å². The number of carbonyl (C=O) groups excluding carboxylic acids is 2. The standard InChI is InChI=1S/C21H28BN3O3/c1-3-28-20-18(15(2)26)19(16-5-7-17(22)8-6-16)25(21(20)27)12-4-11-24-13-9-23-10-14-24/h7,9-10,13,16,19H,3-6,8,11-12,14H2,1-2H3. The first-order chi connectivity index (χ1) is 13.5. The molecule has 0 aromatic rings. The Balaban J connectivity index is 1.78. The smallest absolute Gasteiger partial charge is 0.289 e. The van der Waals surface area contributed by atoms with E-state index in [0.717, 1.165) is 44.2 Å². The van der Waals surface area contributed by atoms with Gasteiger partial charge in [0.05, 0.1) is 24.8 Å². The van der Waals surface area contributed by atoms with Crippen molar-refractivity contribution >= 4 is 25.8 Å². The van der Waals surface area contributed by atoms with Crippen LogP contribution in [0.1, 0.15) is 39.5 Å². The van der Waals surface area contributed by atoms with Crippen LogP contribution < -0.4 is 0 Å². The van der Waals surface area contributed by atoms with E-state index < -0.39 is 0 Å². The topological polar surface area (TPSA) is 62.2 Å². The fraction of sp³-hybridized carbons (Fsp3) is 0.571. The molecule has 0 aromatic heterocycles. The third-order valence-corrected chi connectivity index (χ3v) is 5.56. The lowest BCUT2D eigenvalue weighted by Gasteiger charge is -2.35. The summed E-state index contributed by atoms with van der Waals surface area (Å²) in [5.41, 5.74) is 1.43. The molecule has 1 aliphatic carbocycles. The van der Waals surface area contributed by atoms with Crippen LogP contribution in [-0.2, 0) is 14.3 Å². The van der Waals surface area contributed by atoms with E-state index in [2.05, 4.69) is 9.89 Å². The molecule has 0 saturated heterocycles. The second-order valence-corrected chi connectivity index (χ2v) is 7.47. The summed E-state index contributed by atoms with van der Waals surface area (Å²) in [6, 6.07) is -0.227. The number of aliphatic imine (C=N–C) groups is 1. The molecule has 0 aromatic carbocycles. The van der Waals surface area contributed by atoms with Crippen LogP contribution in [0.2, 0.25) is 0 Å². The zero-order valence-corrected chi connectivity index (χ0v) is 16.8. The molecule has 3 rings (SSSR count). The molecule has 1 amide bonds. The number of hydrogen-bond donors (Lipinski definition) is 0. The largest absolute Gasteiger partial charge is 0.488 e. The maximum Gasteiger partial charge on any atom is 0.289 e. The third kappa shape index (κ3) is 4.40. The van der Waals surface area contributed by atoms with Crippen molar-refractivity contribution in [2.75, 3.05) is 26.2 Å². The van der Waals surface area contributed by atoms with E-state index in [-0.39, 0.29) is 29.4 Å². The molecule has 148 valence electrons. The lowest BCUT2D eigenvalue weighted by Crippen LogP contribution is -2.43. The van der Waals surface area contributed by atoms with Crippen LogP contribution in [0.3, 0.4) is 0 Å². The van der Waals surface area contributed by atoms with E-state index in [0.29, 0.717) is 18.7 Å². The molecular weight excluding hydrogens is 353 g/mol. The Labute approximate surface area is 168 Å². The summed E-state index contributed by atoms with van der Waals surface area (Å²) in [5.74, 6) is 0.194. The van der Waals surface area contributed by atoms with Gasteiger partial charge in [-0.1, -0.05) is 6.08 Å². The molecule has 0 fully saturated rings. The fourth-order valence-electron chi connectivity index (χ4n) is 4.22. The average Bonchev–Trinajstić information content (AvgIpc) is 2.96. The monoisotopic (exact) mass is 381 g/mol. The number of ether oxygens (including phenoxy) is 1.